The molecule has 0 bridgehead atoms. The van der Waals surface area contributed by atoms with E-state index in [9.17, 15) is 4.79 Å². The van der Waals surface area contributed by atoms with Crippen molar-refractivity contribution in [1.82, 2.24) is 25.6 Å². The molecule has 1 aliphatic rings. The minimum Gasteiger partial charge on any atom is -0.348 e. The zero-order valence-corrected chi connectivity index (χ0v) is 11.8. The average molecular weight is 273 g/mol. The van der Waals surface area contributed by atoms with Crippen molar-refractivity contribution in [2.75, 3.05) is 13.1 Å². The van der Waals surface area contributed by atoms with Gasteiger partial charge in [-0.05, 0) is 38.5 Å². The first-order valence-corrected chi connectivity index (χ1v) is 6.99. The van der Waals surface area contributed by atoms with Crippen LogP contribution in [0.1, 0.15) is 30.6 Å². The lowest BCUT2D eigenvalue weighted by Crippen LogP contribution is -2.38. The van der Waals surface area contributed by atoms with Gasteiger partial charge in [0.15, 0.2) is 0 Å². The van der Waals surface area contributed by atoms with Gasteiger partial charge in [0.2, 0.25) is 0 Å². The molecule has 1 saturated heterocycles. The van der Waals surface area contributed by atoms with E-state index in [4.69, 9.17) is 0 Å². The van der Waals surface area contributed by atoms with E-state index in [1.165, 1.54) is 0 Å². The van der Waals surface area contributed by atoms with Gasteiger partial charge in [0, 0.05) is 30.7 Å². The van der Waals surface area contributed by atoms with Crippen LogP contribution >= 0.6 is 0 Å². The Labute approximate surface area is 117 Å². The van der Waals surface area contributed by atoms with Gasteiger partial charge >= 0.3 is 0 Å². The van der Waals surface area contributed by atoms with Gasteiger partial charge in [0.05, 0.1) is 0 Å². The summed E-state index contributed by atoms with van der Waals surface area (Å²) in [6.07, 6.45) is 1.01. The molecule has 0 saturated carbocycles. The number of carbonyl (C=O) groups is 1. The number of nitrogens with zero attached hydrogens (tertiary/aromatic N) is 3. The SMILES string of the molecule is CC(C)N1CC[C@H](NC(=O)c2ccc3n[nH]nc3c2)C1. The molecule has 0 aliphatic carbocycles. The fraction of sp³-hybridized carbons (Fsp3) is 0.500. The number of likely N-dealkylation sites (tertiary alicyclic amines) is 1. The molecule has 2 heterocycles. The number of H-pyrrole nitrogens is 1. The molecule has 0 unspecified atom stereocenters. The Balaban J connectivity index is 1.67. The van der Waals surface area contributed by atoms with E-state index in [1.54, 1.807) is 12.1 Å². The third kappa shape index (κ3) is 2.51. The zero-order valence-electron chi connectivity index (χ0n) is 11.8. The zero-order chi connectivity index (χ0) is 14.1. The number of rotatable bonds is 3. The van der Waals surface area contributed by atoms with E-state index in [-0.39, 0.29) is 11.9 Å². The van der Waals surface area contributed by atoms with E-state index >= 15 is 0 Å². The van der Waals surface area contributed by atoms with Gasteiger partial charge in [-0.2, -0.15) is 15.4 Å². The molecule has 0 radical (unpaired) electrons. The van der Waals surface area contributed by atoms with Crippen LogP contribution in [0.25, 0.3) is 11.0 Å². The first kappa shape index (κ1) is 13.1. The standard InChI is InChI=1S/C14H19N5O/c1-9(2)19-6-5-11(8-19)15-14(20)10-3-4-12-13(7-10)17-18-16-12/h3-4,7,9,11H,5-6,8H2,1-2H3,(H,15,20)(H,16,17,18)/t11-/m0/s1. The Morgan fingerprint density at radius 1 is 1.40 bits per heavy atom. The molecule has 2 N–H and O–H groups in total. The van der Waals surface area contributed by atoms with Gasteiger partial charge in [-0.25, -0.2) is 0 Å². The third-order valence-corrected chi connectivity index (χ3v) is 3.86. The molecule has 2 aromatic rings. The highest BCUT2D eigenvalue weighted by Gasteiger charge is 2.25. The summed E-state index contributed by atoms with van der Waals surface area (Å²) in [5.41, 5.74) is 2.12. The summed E-state index contributed by atoms with van der Waals surface area (Å²) in [5.74, 6) is -0.0366. The Morgan fingerprint density at radius 3 is 2.95 bits per heavy atom. The number of benzene rings is 1. The van der Waals surface area contributed by atoms with Crippen LogP contribution in [0.15, 0.2) is 18.2 Å². The van der Waals surface area contributed by atoms with Crippen molar-refractivity contribution in [2.45, 2.75) is 32.4 Å². The predicted molar refractivity (Wildman–Crippen MR) is 76.5 cm³/mol. The van der Waals surface area contributed by atoms with Gasteiger partial charge in [-0.3, -0.25) is 9.69 Å². The predicted octanol–water partition coefficient (Wildman–Crippen LogP) is 1.17. The van der Waals surface area contributed by atoms with Crippen LogP contribution in [0, 0.1) is 0 Å². The first-order chi connectivity index (χ1) is 9.63. The van der Waals surface area contributed by atoms with Crippen molar-refractivity contribution >= 4 is 16.9 Å². The first-order valence-electron chi connectivity index (χ1n) is 6.99. The molecule has 6 nitrogen and oxygen atoms in total. The fourth-order valence-electron chi connectivity index (χ4n) is 2.62. The highest BCUT2D eigenvalue weighted by Crippen LogP contribution is 2.14. The van der Waals surface area contributed by atoms with E-state index in [0.29, 0.717) is 17.1 Å². The van der Waals surface area contributed by atoms with Gasteiger partial charge in [-0.15, -0.1) is 0 Å². The van der Waals surface area contributed by atoms with Crippen LogP contribution in [0.4, 0.5) is 0 Å². The van der Waals surface area contributed by atoms with Gasteiger partial charge in [0.1, 0.15) is 11.0 Å². The van der Waals surface area contributed by atoms with Crippen LogP contribution in [-0.4, -0.2) is 51.4 Å². The average Bonchev–Trinajstić information content (AvgIpc) is 3.05. The summed E-state index contributed by atoms with van der Waals surface area (Å²) in [5, 5.41) is 13.6. The fourth-order valence-corrected chi connectivity index (χ4v) is 2.62. The molecule has 1 aromatic heterocycles. The molecular formula is C14H19N5O. The maximum Gasteiger partial charge on any atom is 0.251 e. The van der Waals surface area contributed by atoms with Gasteiger partial charge in [-0.1, -0.05) is 0 Å². The quantitative estimate of drug-likeness (QED) is 0.880. The number of hydrogen-bond donors (Lipinski definition) is 2. The lowest BCUT2D eigenvalue weighted by atomic mass is 10.1. The van der Waals surface area contributed by atoms with Crippen LogP contribution in [-0.2, 0) is 0 Å². The highest BCUT2D eigenvalue weighted by atomic mass is 16.1. The minimum absolute atomic E-state index is 0.0366. The molecule has 3 rings (SSSR count). The third-order valence-electron chi connectivity index (χ3n) is 3.86. The summed E-state index contributed by atoms with van der Waals surface area (Å²) in [4.78, 5) is 14.6. The van der Waals surface area contributed by atoms with Crippen LogP contribution in [0.3, 0.4) is 0 Å². The maximum atomic E-state index is 12.3. The Kier molecular flexibility index (Phi) is 3.40. The van der Waals surface area contributed by atoms with E-state index in [1.807, 2.05) is 6.07 Å². The normalized spacial score (nSPS) is 19.9. The van der Waals surface area contributed by atoms with Crippen LogP contribution < -0.4 is 5.32 Å². The number of amides is 1. The highest BCUT2D eigenvalue weighted by molar-refractivity contribution is 5.97. The molecule has 106 valence electrons. The van der Waals surface area contributed by atoms with Crippen LogP contribution in [0.2, 0.25) is 0 Å². The van der Waals surface area contributed by atoms with Crippen molar-refractivity contribution in [3.63, 3.8) is 0 Å². The Hall–Kier alpha value is -1.95. The monoisotopic (exact) mass is 273 g/mol. The van der Waals surface area contributed by atoms with E-state index < -0.39 is 0 Å². The van der Waals surface area contributed by atoms with Crippen LogP contribution in [0.5, 0.6) is 0 Å². The van der Waals surface area contributed by atoms with Gasteiger partial charge < -0.3 is 5.32 Å². The van der Waals surface area contributed by atoms with Crippen molar-refractivity contribution in [2.24, 2.45) is 0 Å². The lowest BCUT2D eigenvalue weighted by molar-refractivity contribution is 0.0937. The second-order valence-corrected chi connectivity index (χ2v) is 5.57. The minimum atomic E-state index is -0.0366. The summed E-state index contributed by atoms with van der Waals surface area (Å²) in [6.45, 7) is 6.34. The largest absolute Gasteiger partial charge is 0.348 e. The molecular weight excluding hydrogens is 254 g/mol. The molecule has 1 amide bonds. The Bertz CT molecular complexity index is 621. The molecule has 1 aromatic carbocycles. The molecule has 20 heavy (non-hydrogen) atoms. The number of carbonyl (C=O) groups excluding carboxylic acids is 1. The summed E-state index contributed by atoms with van der Waals surface area (Å²) >= 11 is 0. The topological polar surface area (TPSA) is 73.9 Å². The number of aromatic nitrogens is 3. The van der Waals surface area contributed by atoms with Crippen molar-refractivity contribution in [3.05, 3.63) is 23.8 Å². The number of hydrogen-bond acceptors (Lipinski definition) is 4. The molecule has 6 heteroatoms. The second kappa shape index (κ2) is 5.20. The Morgan fingerprint density at radius 2 is 2.20 bits per heavy atom. The van der Waals surface area contributed by atoms with E-state index in [2.05, 4.69) is 39.5 Å². The van der Waals surface area contributed by atoms with Crippen molar-refractivity contribution < 1.29 is 4.79 Å². The second-order valence-electron chi connectivity index (χ2n) is 5.57. The summed E-state index contributed by atoms with van der Waals surface area (Å²) in [6, 6.07) is 6.13. The lowest BCUT2D eigenvalue weighted by Gasteiger charge is -2.20. The molecule has 1 fully saturated rings. The smallest absolute Gasteiger partial charge is 0.251 e. The summed E-state index contributed by atoms with van der Waals surface area (Å²) in [7, 11) is 0. The number of fused-ring (bicyclic) bond motifs is 1. The van der Waals surface area contributed by atoms with E-state index in [0.717, 1.165) is 25.0 Å². The van der Waals surface area contributed by atoms with Gasteiger partial charge in [0.25, 0.3) is 5.91 Å². The maximum absolute atomic E-state index is 12.3. The molecule has 0 spiro atoms. The molecule has 1 aliphatic heterocycles. The number of nitrogens with one attached hydrogen (secondary N) is 2. The summed E-state index contributed by atoms with van der Waals surface area (Å²) < 4.78 is 0. The number of aromatic amines is 1. The molecule has 1 atom stereocenters. The van der Waals surface area contributed by atoms with Crippen molar-refractivity contribution in [3.8, 4) is 0 Å². The van der Waals surface area contributed by atoms with Crippen molar-refractivity contribution in [1.29, 1.82) is 0 Å².